The van der Waals surface area contributed by atoms with E-state index in [0.29, 0.717) is 18.9 Å². The number of nitrogens with one attached hydrogen (secondary N) is 2. The number of imidazole rings is 1. The van der Waals surface area contributed by atoms with Gasteiger partial charge in [0.1, 0.15) is 12.0 Å². The number of hydrogen-bond acceptors (Lipinski definition) is 5. The average Bonchev–Trinajstić information content (AvgIpc) is 3.14. The Morgan fingerprint density at radius 1 is 1.27 bits per heavy atom. The fraction of sp³-hybridized carbons (Fsp3) is 0.267. The van der Waals surface area contributed by atoms with Gasteiger partial charge in [-0.25, -0.2) is 14.4 Å². The second-order valence-corrected chi connectivity index (χ2v) is 5.28. The molecule has 4 rings (SSSR count). The van der Waals surface area contributed by atoms with Gasteiger partial charge in [0.2, 0.25) is 0 Å². The highest BCUT2D eigenvalue weighted by Gasteiger charge is 2.26. The molecule has 1 saturated heterocycles. The van der Waals surface area contributed by atoms with Crippen molar-refractivity contribution in [2.75, 3.05) is 18.4 Å². The molecule has 0 spiro atoms. The van der Waals surface area contributed by atoms with E-state index >= 15 is 0 Å². The van der Waals surface area contributed by atoms with Crippen molar-refractivity contribution in [2.24, 2.45) is 0 Å². The van der Waals surface area contributed by atoms with Crippen molar-refractivity contribution < 1.29 is 4.39 Å². The quantitative estimate of drug-likeness (QED) is 0.767. The van der Waals surface area contributed by atoms with Crippen LogP contribution in [0.1, 0.15) is 0 Å². The molecule has 4 heterocycles. The van der Waals surface area contributed by atoms with Crippen LogP contribution in [-0.4, -0.2) is 44.7 Å². The molecular weight excluding hydrogens is 283 g/mol. The topological polar surface area (TPSA) is 67.1 Å². The van der Waals surface area contributed by atoms with Gasteiger partial charge in [-0.05, 0) is 12.1 Å². The molecule has 6 nitrogen and oxygen atoms in total. The van der Waals surface area contributed by atoms with E-state index in [1.165, 1.54) is 0 Å². The lowest BCUT2D eigenvalue weighted by atomic mass is 10.2. The predicted molar refractivity (Wildman–Crippen MR) is 81.4 cm³/mol. The Morgan fingerprint density at radius 2 is 2.23 bits per heavy atom. The number of halogens is 1. The Hall–Kier alpha value is -2.54. The zero-order chi connectivity index (χ0) is 14.9. The molecule has 2 atom stereocenters. The Labute approximate surface area is 126 Å². The Balaban J connectivity index is 1.67. The maximum atomic E-state index is 13.7. The minimum Gasteiger partial charge on any atom is -0.363 e. The number of nitrogens with zero attached hydrogens (tertiary/aromatic N) is 4. The van der Waals surface area contributed by atoms with Crippen LogP contribution in [0.2, 0.25) is 0 Å². The lowest BCUT2D eigenvalue weighted by Gasteiger charge is -2.15. The van der Waals surface area contributed by atoms with Crippen LogP contribution in [0.3, 0.4) is 0 Å². The molecule has 1 aliphatic heterocycles. The van der Waals surface area contributed by atoms with E-state index in [2.05, 4.69) is 25.6 Å². The number of anilines is 1. The first kappa shape index (κ1) is 13.1. The van der Waals surface area contributed by atoms with Crippen LogP contribution in [0.5, 0.6) is 0 Å². The van der Waals surface area contributed by atoms with Crippen LogP contribution < -0.4 is 10.6 Å². The summed E-state index contributed by atoms with van der Waals surface area (Å²) in [6.45, 7) is 0.992. The van der Waals surface area contributed by atoms with E-state index in [-0.39, 0.29) is 6.04 Å². The first-order chi connectivity index (χ1) is 10.8. The number of aromatic nitrogens is 4. The first-order valence-electron chi connectivity index (χ1n) is 7.17. The molecule has 7 heteroatoms. The number of hydrogen-bond donors (Lipinski definition) is 2. The molecule has 0 bridgehead atoms. The van der Waals surface area contributed by atoms with Gasteiger partial charge in [0.05, 0.1) is 29.8 Å². The van der Waals surface area contributed by atoms with Crippen LogP contribution in [0.4, 0.5) is 10.2 Å². The summed E-state index contributed by atoms with van der Waals surface area (Å²) >= 11 is 0. The van der Waals surface area contributed by atoms with Crippen molar-refractivity contribution >= 4 is 11.5 Å². The van der Waals surface area contributed by atoms with Gasteiger partial charge in [-0.15, -0.1) is 0 Å². The molecule has 0 radical (unpaired) electrons. The molecule has 0 amide bonds. The lowest BCUT2D eigenvalue weighted by molar-refractivity contribution is 0.342. The molecule has 0 aromatic carbocycles. The minimum atomic E-state index is -0.896. The van der Waals surface area contributed by atoms with Crippen molar-refractivity contribution in [1.82, 2.24) is 24.7 Å². The molecule has 0 saturated carbocycles. The molecule has 112 valence electrons. The Kier molecular flexibility index (Phi) is 3.19. The maximum Gasteiger partial charge on any atom is 0.155 e. The van der Waals surface area contributed by atoms with E-state index in [1.807, 2.05) is 28.8 Å². The second kappa shape index (κ2) is 5.34. The summed E-state index contributed by atoms with van der Waals surface area (Å²) in [4.78, 5) is 12.9. The molecular formula is C15H15FN6. The summed E-state index contributed by atoms with van der Waals surface area (Å²) in [6, 6.07) is 5.42. The number of fused-ring (bicyclic) bond motifs is 1. The summed E-state index contributed by atoms with van der Waals surface area (Å²) in [5.41, 5.74) is 2.42. The van der Waals surface area contributed by atoms with Crippen molar-refractivity contribution in [1.29, 1.82) is 0 Å². The highest BCUT2D eigenvalue weighted by molar-refractivity contribution is 5.61. The highest BCUT2D eigenvalue weighted by Crippen LogP contribution is 2.21. The van der Waals surface area contributed by atoms with Gasteiger partial charge in [0, 0.05) is 25.5 Å². The Morgan fingerprint density at radius 3 is 3.09 bits per heavy atom. The van der Waals surface area contributed by atoms with E-state index in [4.69, 9.17) is 0 Å². The number of rotatable bonds is 3. The lowest BCUT2D eigenvalue weighted by Crippen LogP contribution is -2.29. The van der Waals surface area contributed by atoms with Gasteiger partial charge in [-0.1, -0.05) is 6.07 Å². The van der Waals surface area contributed by atoms with Crippen LogP contribution in [0, 0.1) is 0 Å². The van der Waals surface area contributed by atoms with Crippen molar-refractivity contribution in [3.8, 4) is 11.4 Å². The maximum absolute atomic E-state index is 13.7. The predicted octanol–water partition coefficient (Wildman–Crippen LogP) is 1.51. The summed E-state index contributed by atoms with van der Waals surface area (Å²) in [5, 5.41) is 6.17. The molecule has 3 aromatic heterocycles. The van der Waals surface area contributed by atoms with E-state index in [0.717, 1.165) is 17.0 Å². The smallest absolute Gasteiger partial charge is 0.155 e. The molecule has 3 aromatic rings. The second-order valence-electron chi connectivity index (χ2n) is 5.28. The van der Waals surface area contributed by atoms with Gasteiger partial charge < -0.3 is 10.6 Å². The highest BCUT2D eigenvalue weighted by atomic mass is 19.1. The van der Waals surface area contributed by atoms with Crippen molar-refractivity contribution in [2.45, 2.75) is 12.2 Å². The van der Waals surface area contributed by atoms with Gasteiger partial charge in [0.15, 0.2) is 5.65 Å². The molecule has 0 aliphatic carbocycles. The third-order valence-corrected chi connectivity index (χ3v) is 3.80. The monoisotopic (exact) mass is 298 g/mol. The molecule has 1 aliphatic rings. The Bertz CT molecular complexity index is 801. The zero-order valence-corrected chi connectivity index (χ0v) is 11.8. The van der Waals surface area contributed by atoms with E-state index in [1.54, 1.807) is 18.6 Å². The SMILES string of the molecule is F[C@H]1CNC[C@@H]1Nc1cccc(-c2cnc3cnccn23)n1. The van der Waals surface area contributed by atoms with Crippen LogP contribution in [0.25, 0.3) is 17.0 Å². The van der Waals surface area contributed by atoms with E-state index < -0.39 is 6.17 Å². The standard InChI is InChI=1S/C15H15FN6/c16-10-6-18-7-12(10)21-14-3-1-2-11(20-14)13-8-19-15-9-17-4-5-22(13)15/h1-5,8-10,12,18H,6-7H2,(H,20,21)/t10-,12-/m0/s1. The number of pyridine rings is 1. The largest absolute Gasteiger partial charge is 0.363 e. The van der Waals surface area contributed by atoms with Crippen molar-refractivity contribution in [3.63, 3.8) is 0 Å². The molecule has 1 fully saturated rings. The minimum absolute atomic E-state index is 0.242. The number of alkyl halides is 1. The van der Waals surface area contributed by atoms with Gasteiger partial charge >= 0.3 is 0 Å². The zero-order valence-electron chi connectivity index (χ0n) is 11.8. The van der Waals surface area contributed by atoms with Crippen LogP contribution in [-0.2, 0) is 0 Å². The third-order valence-electron chi connectivity index (χ3n) is 3.80. The fourth-order valence-electron chi connectivity index (χ4n) is 2.67. The van der Waals surface area contributed by atoms with Gasteiger partial charge in [-0.2, -0.15) is 0 Å². The average molecular weight is 298 g/mol. The fourth-order valence-corrected chi connectivity index (χ4v) is 2.67. The van der Waals surface area contributed by atoms with Gasteiger partial charge in [-0.3, -0.25) is 9.38 Å². The molecule has 0 unspecified atom stereocenters. The molecule has 2 N–H and O–H groups in total. The summed E-state index contributed by atoms with van der Waals surface area (Å²) < 4.78 is 15.6. The van der Waals surface area contributed by atoms with E-state index in [9.17, 15) is 4.39 Å². The first-order valence-corrected chi connectivity index (χ1v) is 7.17. The van der Waals surface area contributed by atoms with Crippen LogP contribution in [0.15, 0.2) is 43.0 Å². The normalized spacial score (nSPS) is 21.3. The summed E-state index contributed by atoms with van der Waals surface area (Å²) in [5.74, 6) is 0.665. The van der Waals surface area contributed by atoms with Gasteiger partial charge in [0.25, 0.3) is 0 Å². The molecule has 22 heavy (non-hydrogen) atoms. The summed E-state index contributed by atoms with van der Waals surface area (Å²) in [6.07, 6.45) is 6.12. The third kappa shape index (κ3) is 2.29. The van der Waals surface area contributed by atoms with Crippen LogP contribution >= 0.6 is 0 Å². The van der Waals surface area contributed by atoms with Crippen molar-refractivity contribution in [3.05, 3.63) is 43.0 Å². The summed E-state index contributed by atoms with van der Waals surface area (Å²) in [7, 11) is 0.